The van der Waals surface area contributed by atoms with Crippen LogP contribution in [0.1, 0.15) is 40.5 Å². The van der Waals surface area contributed by atoms with Crippen LogP contribution < -0.4 is 29.2 Å². The molecule has 0 spiro atoms. The van der Waals surface area contributed by atoms with Crippen LogP contribution in [0.25, 0.3) is 10.9 Å². The second kappa shape index (κ2) is 17.1. The molecule has 14 nitrogen and oxygen atoms in total. The number of hydrogen-bond acceptors (Lipinski definition) is 12. The van der Waals surface area contributed by atoms with E-state index in [1.165, 1.54) is 21.3 Å². The van der Waals surface area contributed by atoms with Gasteiger partial charge in [-0.2, -0.15) is 4.98 Å². The Labute approximate surface area is 318 Å². The number of fused-ring (bicyclic) bond motifs is 1. The van der Waals surface area contributed by atoms with Crippen LogP contribution in [0.4, 0.5) is 11.8 Å². The summed E-state index contributed by atoms with van der Waals surface area (Å²) in [5, 5.41) is 3.44. The Morgan fingerprint density at radius 3 is 2.15 bits per heavy atom. The maximum Gasteiger partial charge on any atom is 0.254 e. The van der Waals surface area contributed by atoms with E-state index in [9.17, 15) is 19.2 Å². The van der Waals surface area contributed by atoms with E-state index < -0.39 is 12.0 Å². The van der Waals surface area contributed by atoms with Crippen molar-refractivity contribution in [2.75, 3.05) is 77.1 Å². The normalized spacial score (nSPS) is 16.2. The molecule has 1 aromatic heterocycles. The highest BCUT2D eigenvalue weighted by atomic mass is 32.2. The highest BCUT2D eigenvalue weighted by Gasteiger charge is 2.37. The van der Waals surface area contributed by atoms with Crippen molar-refractivity contribution in [2.45, 2.75) is 25.8 Å². The molecule has 15 heteroatoms. The van der Waals surface area contributed by atoms with E-state index >= 15 is 0 Å². The zero-order valence-electron chi connectivity index (χ0n) is 31.0. The summed E-state index contributed by atoms with van der Waals surface area (Å²) in [7, 11) is 6.13. The number of amides is 3. The Balaban J connectivity index is 1.19. The van der Waals surface area contributed by atoms with Gasteiger partial charge in [0.15, 0.2) is 23.0 Å². The quantitative estimate of drug-likeness (QED) is 0.212. The summed E-state index contributed by atoms with van der Waals surface area (Å²) >= 11 is 1.10. The van der Waals surface area contributed by atoms with E-state index in [4.69, 9.17) is 28.9 Å². The van der Waals surface area contributed by atoms with Crippen LogP contribution in [0.15, 0.2) is 60.7 Å². The molecule has 2 saturated heterocycles. The number of nitrogens with one attached hydrogen (secondary N) is 1. The Morgan fingerprint density at radius 1 is 0.796 bits per heavy atom. The Bertz CT molecular complexity index is 2020. The molecule has 2 atom stereocenters. The summed E-state index contributed by atoms with van der Waals surface area (Å²) in [5.74, 6) is 1.69. The van der Waals surface area contributed by atoms with Crippen LogP contribution in [0.2, 0.25) is 0 Å². The van der Waals surface area contributed by atoms with Gasteiger partial charge in [-0.3, -0.25) is 19.2 Å². The van der Waals surface area contributed by atoms with Gasteiger partial charge in [0.1, 0.15) is 11.9 Å². The molecule has 4 aromatic rings. The van der Waals surface area contributed by atoms with Gasteiger partial charge in [0, 0.05) is 67.0 Å². The summed E-state index contributed by atoms with van der Waals surface area (Å²) in [6.07, 6.45) is 1.16. The zero-order chi connectivity index (χ0) is 38.4. The van der Waals surface area contributed by atoms with Gasteiger partial charge in [-0.1, -0.05) is 49.0 Å². The number of carbonyl (C=O) groups is 4. The van der Waals surface area contributed by atoms with Crippen molar-refractivity contribution in [1.29, 1.82) is 0 Å². The molecule has 3 aromatic carbocycles. The number of methoxy groups -OCH3 is 4. The first-order chi connectivity index (χ1) is 26.1. The van der Waals surface area contributed by atoms with Crippen LogP contribution in [0.3, 0.4) is 0 Å². The smallest absolute Gasteiger partial charge is 0.254 e. The van der Waals surface area contributed by atoms with Crippen LogP contribution in [0.5, 0.6) is 23.0 Å². The van der Waals surface area contributed by atoms with Gasteiger partial charge in [0.2, 0.25) is 22.9 Å². The molecule has 1 N–H and O–H groups in total. The minimum atomic E-state index is -0.713. The summed E-state index contributed by atoms with van der Waals surface area (Å²) in [6, 6.07) is 16.8. The second-order valence-electron chi connectivity index (χ2n) is 13.0. The summed E-state index contributed by atoms with van der Waals surface area (Å²) in [6.45, 7) is 3.93. The SMILES string of the molecule is COc1ccc(C(=O)N2CCN(c3nc(NC(=O)[C@@H]4CCCN4C(=O)C(C)CSC(=O)c4ccccc4)c4cc(OC)c(OC)cc4n3)CC2)cc1OC. The first-order valence-corrected chi connectivity index (χ1v) is 18.7. The molecule has 3 heterocycles. The molecule has 0 aliphatic carbocycles. The van der Waals surface area contributed by atoms with Crippen LogP contribution in [-0.4, -0.2) is 116 Å². The summed E-state index contributed by atoms with van der Waals surface area (Å²) in [5.41, 5.74) is 1.59. The third-order valence-electron chi connectivity index (χ3n) is 9.65. The molecule has 284 valence electrons. The number of anilines is 2. The predicted molar refractivity (Wildman–Crippen MR) is 206 cm³/mol. The number of ether oxygens (including phenoxy) is 4. The van der Waals surface area contributed by atoms with Gasteiger partial charge in [0.25, 0.3) is 5.91 Å². The molecular weight excluding hydrogens is 713 g/mol. The van der Waals surface area contributed by atoms with Gasteiger partial charge in [-0.05, 0) is 37.1 Å². The van der Waals surface area contributed by atoms with Crippen LogP contribution in [-0.2, 0) is 9.59 Å². The van der Waals surface area contributed by atoms with E-state index in [2.05, 4.69) is 5.32 Å². The number of likely N-dealkylation sites (tertiary alicyclic amines) is 1. The Kier molecular flexibility index (Phi) is 12.1. The van der Waals surface area contributed by atoms with Crippen molar-refractivity contribution in [3.05, 3.63) is 71.8 Å². The monoisotopic (exact) mass is 756 g/mol. The molecule has 6 rings (SSSR count). The molecule has 0 bridgehead atoms. The van der Waals surface area contributed by atoms with Crippen molar-refractivity contribution < 1.29 is 38.1 Å². The highest BCUT2D eigenvalue weighted by molar-refractivity contribution is 8.14. The topological polar surface area (TPSA) is 153 Å². The van der Waals surface area contributed by atoms with Crippen molar-refractivity contribution in [2.24, 2.45) is 5.92 Å². The van der Waals surface area contributed by atoms with Crippen LogP contribution in [0, 0.1) is 5.92 Å². The van der Waals surface area contributed by atoms with Crippen molar-refractivity contribution in [3.8, 4) is 23.0 Å². The number of piperazine rings is 1. The summed E-state index contributed by atoms with van der Waals surface area (Å²) < 4.78 is 21.8. The lowest BCUT2D eigenvalue weighted by Gasteiger charge is -2.35. The molecule has 2 fully saturated rings. The Hall–Kier alpha value is -5.57. The van der Waals surface area contributed by atoms with Crippen molar-refractivity contribution in [1.82, 2.24) is 19.8 Å². The lowest BCUT2D eigenvalue weighted by Crippen LogP contribution is -2.49. The Morgan fingerprint density at radius 2 is 1.46 bits per heavy atom. The molecule has 3 amide bonds. The number of thioether (sulfide) groups is 1. The van der Waals surface area contributed by atoms with Crippen LogP contribution >= 0.6 is 11.8 Å². The minimum Gasteiger partial charge on any atom is -0.493 e. The van der Waals surface area contributed by atoms with Gasteiger partial charge < -0.3 is 39.0 Å². The molecular formula is C39H44N6O8S. The molecule has 2 aliphatic rings. The minimum absolute atomic E-state index is 0.101. The van der Waals surface area contributed by atoms with Gasteiger partial charge in [-0.25, -0.2) is 4.98 Å². The largest absolute Gasteiger partial charge is 0.493 e. The average molecular weight is 757 g/mol. The highest BCUT2D eigenvalue weighted by Crippen LogP contribution is 2.36. The molecule has 0 saturated carbocycles. The van der Waals surface area contributed by atoms with E-state index in [0.29, 0.717) is 102 Å². The lowest BCUT2D eigenvalue weighted by atomic mass is 10.1. The number of benzene rings is 3. The third kappa shape index (κ3) is 8.15. The maximum absolute atomic E-state index is 14.0. The van der Waals surface area contributed by atoms with E-state index in [1.807, 2.05) is 11.0 Å². The summed E-state index contributed by atoms with van der Waals surface area (Å²) in [4.78, 5) is 68.7. The predicted octanol–water partition coefficient (Wildman–Crippen LogP) is 4.77. The third-order valence-corrected chi connectivity index (χ3v) is 10.8. The first-order valence-electron chi connectivity index (χ1n) is 17.7. The van der Waals surface area contributed by atoms with Gasteiger partial charge in [-0.15, -0.1) is 0 Å². The molecule has 2 aliphatic heterocycles. The fourth-order valence-electron chi connectivity index (χ4n) is 6.66. The second-order valence-corrected chi connectivity index (χ2v) is 14.0. The number of nitrogens with zero attached hydrogens (tertiary/aromatic N) is 5. The fraction of sp³-hybridized carbons (Fsp3) is 0.385. The van der Waals surface area contributed by atoms with Crippen molar-refractivity contribution >= 4 is 57.3 Å². The van der Waals surface area contributed by atoms with E-state index in [-0.39, 0.29) is 28.7 Å². The maximum atomic E-state index is 14.0. The number of carbonyl (C=O) groups excluding carboxylic acids is 4. The van der Waals surface area contributed by atoms with E-state index in [0.717, 1.165) is 11.8 Å². The number of rotatable bonds is 12. The zero-order valence-corrected chi connectivity index (χ0v) is 31.8. The standard InChI is InChI=1S/C39H44N6O8S/c1-24(23-54-38(49)25-10-7-6-8-11-25)36(47)45-15-9-12-29(45)35(46)41-34-27-21-32(52-4)33(53-5)22-28(27)40-39(42-34)44-18-16-43(17-19-44)37(48)26-13-14-30(50-2)31(20-26)51-3/h6-8,10-11,13-14,20-22,24,29H,9,12,15-19,23H2,1-5H3,(H,40,41,42,46)/t24?,29-/m0/s1. The number of aromatic nitrogens is 2. The lowest BCUT2D eigenvalue weighted by molar-refractivity contribution is -0.139. The van der Waals surface area contributed by atoms with Gasteiger partial charge in [0.05, 0.1) is 34.0 Å². The van der Waals surface area contributed by atoms with E-state index in [1.54, 1.807) is 78.4 Å². The first kappa shape index (κ1) is 38.2. The molecule has 0 radical (unpaired) electrons. The fourth-order valence-corrected chi connectivity index (χ4v) is 7.50. The number of hydrogen-bond donors (Lipinski definition) is 1. The molecule has 54 heavy (non-hydrogen) atoms. The molecule has 1 unspecified atom stereocenters. The average Bonchev–Trinajstić information content (AvgIpc) is 3.72. The van der Waals surface area contributed by atoms with Crippen molar-refractivity contribution in [3.63, 3.8) is 0 Å². The van der Waals surface area contributed by atoms with Gasteiger partial charge >= 0.3 is 0 Å².